The van der Waals surface area contributed by atoms with E-state index in [1.165, 1.54) is 30.3 Å². The Hall–Kier alpha value is -2.65. The van der Waals surface area contributed by atoms with Crippen LogP contribution in [0, 0.1) is 10.1 Å². The van der Waals surface area contributed by atoms with Gasteiger partial charge in [-0.1, -0.05) is 17.7 Å². The molecule has 0 aliphatic carbocycles. The first-order valence-electron chi connectivity index (χ1n) is 6.46. The zero-order valence-corrected chi connectivity index (χ0v) is 13.6. The lowest BCUT2D eigenvalue weighted by Crippen LogP contribution is -2.35. The van der Waals surface area contributed by atoms with Gasteiger partial charge in [0.25, 0.3) is 15.7 Å². The molecule has 0 heterocycles. The molecule has 0 aliphatic rings. The van der Waals surface area contributed by atoms with Crippen molar-refractivity contribution >= 4 is 39.0 Å². The van der Waals surface area contributed by atoms with Crippen LogP contribution in [0.1, 0.15) is 0 Å². The van der Waals surface area contributed by atoms with Crippen LogP contribution in [0.4, 0.5) is 11.4 Å². The molecule has 0 saturated heterocycles. The molecule has 2 aromatic carbocycles. The Morgan fingerprint density at radius 1 is 1.21 bits per heavy atom. The molecule has 0 unspecified atom stereocenters. The molecule has 2 rings (SSSR count). The number of carboxylic acids is 1. The van der Waals surface area contributed by atoms with Crippen molar-refractivity contribution in [3.05, 3.63) is 63.7 Å². The number of rotatable bonds is 6. The highest BCUT2D eigenvalue weighted by atomic mass is 35.5. The molecule has 126 valence electrons. The number of benzene rings is 2. The zero-order chi connectivity index (χ0) is 17.9. The van der Waals surface area contributed by atoms with Gasteiger partial charge in [-0.2, -0.15) is 0 Å². The fraction of sp³-hybridized carbons (Fsp3) is 0.0714. The van der Waals surface area contributed by atoms with Crippen molar-refractivity contribution < 1.29 is 23.2 Å². The van der Waals surface area contributed by atoms with Crippen molar-refractivity contribution in [2.75, 3.05) is 10.8 Å². The van der Waals surface area contributed by atoms with E-state index in [4.69, 9.17) is 16.7 Å². The smallest absolute Gasteiger partial charge is 0.324 e. The molecule has 2 aromatic rings. The summed E-state index contributed by atoms with van der Waals surface area (Å²) in [6.07, 6.45) is 0. The number of non-ortho nitro benzene ring substituents is 1. The molecule has 24 heavy (non-hydrogen) atoms. The summed E-state index contributed by atoms with van der Waals surface area (Å²) in [6, 6.07) is 9.91. The average molecular weight is 371 g/mol. The van der Waals surface area contributed by atoms with Gasteiger partial charge >= 0.3 is 5.97 Å². The van der Waals surface area contributed by atoms with Crippen molar-refractivity contribution in [1.82, 2.24) is 0 Å². The zero-order valence-electron chi connectivity index (χ0n) is 12.0. The van der Waals surface area contributed by atoms with Gasteiger partial charge in [-0.05, 0) is 30.3 Å². The van der Waals surface area contributed by atoms with E-state index in [-0.39, 0.29) is 10.6 Å². The van der Waals surface area contributed by atoms with Gasteiger partial charge in [-0.15, -0.1) is 0 Å². The Morgan fingerprint density at radius 2 is 1.83 bits per heavy atom. The van der Waals surface area contributed by atoms with Crippen molar-refractivity contribution in [3.8, 4) is 0 Å². The molecule has 0 aromatic heterocycles. The molecule has 0 bridgehead atoms. The normalized spacial score (nSPS) is 11.0. The van der Waals surface area contributed by atoms with Crippen molar-refractivity contribution in [2.45, 2.75) is 4.90 Å². The molecule has 0 amide bonds. The molecule has 0 aliphatic heterocycles. The molecule has 0 spiro atoms. The number of nitro groups is 1. The SMILES string of the molecule is O=C(O)CN(c1ccc(Cl)cc1)S(=O)(=O)c1cccc([N+](=O)[O-])c1. The second-order valence-corrected chi connectivity index (χ2v) is 6.94. The van der Waals surface area contributed by atoms with Gasteiger partial charge in [-0.25, -0.2) is 8.42 Å². The fourth-order valence-corrected chi connectivity index (χ4v) is 3.51. The van der Waals surface area contributed by atoms with Gasteiger partial charge in [0, 0.05) is 17.2 Å². The van der Waals surface area contributed by atoms with Crippen LogP contribution in [-0.2, 0) is 14.8 Å². The van der Waals surface area contributed by atoms with E-state index in [2.05, 4.69) is 0 Å². The topological polar surface area (TPSA) is 118 Å². The van der Waals surface area contributed by atoms with Crippen molar-refractivity contribution in [2.24, 2.45) is 0 Å². The van der Waals surface area contributed by atoms with Gasteiger partial charge in [-0.3, -0.25) is 19.2 Å². The minimum Gasteiger partial charge on any atom is -0.480 e. The maximum absolute atomic E-state index is 12.7. The number of nitro benzene ring substituents is 1. The number of nitrogens with zero attached hydrogens (tertiary/aromatic N) is 2. The van der Waals surface area contributed by atoms with Crippen LogP contribution in [0.25, 0.3) is 0 Å². The van der Waals surface area contributed by atoms with E-state index in [9.17, 15) is 23.3 Å². The second kappa shape index (κ2) is 6.85. The Morgan fingerprint density at radius 3 is 2.38 bits per heavy atom. The van der Waals surface area contributed by atoms with Crippen molar-refractivity contribution in [3.63, 3.8) is 0 Å². The Kier molecular flexibility index (Phi) is 5.05. The minimum absolute atomic E-state index is 0.0771. The third-order valence-electron chi connectivity index (χ3n) is 3.01. The fourth-order valence-electron chi connectivity index (χ4n) is 1.93. The summed E-state index contributed by atoms with van der Waals surface area (Å²) in [5, 5.41) is 20.2. The van der Waals surface area contributed by atoms with Crippen LogP contribution in [-0.4, -0.2) is 31.0 Å². The van der Waals surface area contributed by atoms with E-state index >= 15 is 0 Å². The summed E-state index contributed by atoms with van der Waals surface area (Å²) in [7, 11) is -4.31. The van der Waals surface area contributed by atoms with Gasteiger partial charge in [0.1, 0.15) is 6.54 Å². The summed E-state index contributed by atoms with van der Waals surface area (Å²) >= 11 is 5.75. The van der Waals surface area contributed by atoms with Gasteiger partial charge in [0.2, 0.25) is 0 Å². The number of sulfonamides is 1. The van der Waals surface area contributed by atoms with Crippen molar-refractivity contribution in [1.29, 1.82) is 0 Å². The monoisotopic (exact) mass is 370 g/mol. The number of aliphatic carboxylic acids is 1. The van der Waals surface area contributed by atoms with Gasteiger partial charge < -0.3 is 5.11 Å². The second-order valence-electron chi connectivity index (χ2n) is 4.64. The lowest BCUT2D eigenvalue weighted by Gasteiger charge is -2.22. The minimum atomic E-state index is -4.31. The largest absolute Gasteiger partial charge is 0.480 e. The van der Waals surface area contributed by atoms with Crippen LogP contribution in [0.3, 0.4) is 0 Å². The van der Waals surface area contributed by atoms with Crippen LogP contribution in [0.15, 0.2) is 53.4 Å². The highest BCUT2D eigenvalue weighted by Gasteiger charge is 2.28. The van der Waals surface area contributed by atoms with E-state index in [1.807, 2.05) is 0 Å². The third kappa shape index (κ3) is 3.81. The summed E-state index contributed by atoms with van der Waals surface area (Å²) in [5.41, 5.74) is -0.337. The molecule has 0 fully saturated rings. The molecular weight excluding hydrogens is 360 g/mol. The Labute approximate surface area is 142 Å². The van der Waals surface area contributed by atoms with Crippen LogP contribution < -0.4 is 4.31 Å². The van der Waals surface area contributed by atoms with E-state index < -0.39 is 33.1 Å². The van der Waals surface area contributed by atoms with Crippen LogP contribution in [0.2, 0.25) is 5.02 Å². The summed E-state index contributed by atoms with van der Waals surface area (Å²) < 4.78 is 26.1. The molecular formula is C14H11ClN2O6S. The Bertz CT molecular complexity index is 882. The molecule has 0 radical (unpaired) electrons. The predicted octanol–water partition coefficient (Wildman–Crippen LogP) is 2.53. The number of hydrogen-bond acceptors (Lipinski definition) is 5. The van der Waals surface area contributed by atoms with E-state index in [0.29, 0.717) is 9.33 Å². The maximum atomic E-state index is 12.7. The summed E-state index contributed by atoms with van der Waals surface area (Å²) in [4.78, 5) is 20.8. The highest BCUT2D eigenvalue weighted by Crippen LogP contribution is 2.26. The molecule has 10 heteroatoms. The first kappa shape index (κ1) is 17.7. The van der Waals surface area contributed by atoms with E-state index in [1.54, 1.807) is 0 Å². The quantitative estimate of drug-likeness (QED) is 0.616. The number of anilines is 1. The number of halogens is 1. The highest BCUT2D eigenvalue weighted by molar-refractivity contribution is 7.92. The average Bonchev–Trinajstić information content (AvgIpc) is 2.53. The molecule has 0 saturated carbocycles. The number of carbonyl (C=O) groups is 1. The van der Waals surface area contributed by atoms with Gasteiger partial charge in [0.15, 0.2) is 0 Å². The Balaban J connectivity index is 2.55. The van der Waals surface area contributed by atoms with Gasteiger partial charge in [0.05, 0.1) is 15.5 Å². The van der Waals surface area contributed by atoms with E-state index in [0.717, 1.165) is 18.2 Å². The summed E-state index contributed by atoms with van der Waals surface area (Å²) in [6.45, 7) is -0.841. The van der Waals surface area contributed by atoms with Crippen LogP contribution >= 0.6 is 11.6 Å². The predicted molar refractivity (Wildman–Crippen MR) is 86.7 cm³/mol. The van der Waals surface area contributed by atoms with Crippen LogP contribution in [0.5, 0.6) is 0 Å². The lowest BCUT2D eigenvalue weighted by molar-refractivity contribution is -0.385. The molecule has 1 N–H and O–H groups in total. The maximum Gasteiger partial charge on any atom is 0.324 e. The number of carboxylic acid groups (broad SMARTS) is 1. The summed E-state index contributed by atoms with van der Waals surface area (Å²) in [5.74, 6) is -1.38. The third-order valence-corrected chi connectivity index (χ3v) is 5.03. The first-order chi connectivity index (χ1) is 11.2. The molecule has 0 atom stereocenters. The lowest BCUT2D eigenvalue weighted by atomic mass is 10.3. The number of hydrogen-bond donors (Lipinski definition) is 1. The first-order valence-corrected chi connectivity index (χ1v) is 8.28. The molecule has 8 nitrogen and oxygen atoms in total. The standard InChI is InChI=1S/C14H11ClN2O6S/c15-10-4-6-11(7-5-10)16(9-14(18)19)24(22,23)13-3-1-2-12(8-13)17(20)21/h1-8H,9H2,(H,18,19).